The van der Waals surface area contributed by atoms with Crippen LogP contribution in [0.4, 0.5) is 4.79 Å². The number of carbonyl (C=O) groups is 1. The zero-order valence-electron chi connectivity index (χ0n) is 12.7. The number of carbonyl (C=O) groups excluding carboxylic acids is 1. The lowest BCUT2D eigenvalue weighted by atomic mass is 10.2. The Morgan fingerprint density at radius 2 is 1.68 bits per heavy atom. The number of halogens is 1. The zero-order chi connectivity index (χ0) is 15.9. The standard InChI is InChI=1S/C17H19ClN2O2/c1-20(12-14-3-7-15(18)8-4-14)17(21)19-11-13-5-9-16(22-2)10-6-13/h3-10H,11-12H2,1-2H3,(H,19,21). The third-order valence-electron chi connectivity index (χ3n) is 3.28. The highest BCUT2D eigenvalue weighted by Gasteiger charge is 2.08. The van der Waals surface area contributed by atoms with Gasteiger partial charge < -0.3 is 15.0 Å². The van der Waals surface area contributed by atoms with Crippen molar-refractivity contribution in [2.75, 3.05) is 14.2 Å². The highest BCUT2D eigenvalue weighted by molar-refractivity contribution is 6.30. The molecule has 2 aromatic carbocycles. The fraction of sp³-hybridized carbons (Fsp3) is 0.235. The molecular weight excluding hydrogens is 300 g/mol. The summed E-state index contributed by atoms with van der Waals surface area (Å²) in [6, 6.07) is 14.9. The van der Waals surface area contributed by atoms with Crippen LogP contribution < -0.4 is 10.1 Å². The third-order valence-corrected chi connectivity index (χ3v) is 3.53. The summed E-state index contributed by atoms with van der Waals surface area (Å²) >= 11 is 5.85. The first-order valence-electron chi connectivity index (χ1n) is 6.95. The van der Waals surface area contributed by atoms with Gasteiger partial charge in [-0.1, -0.05) is 35.9 Å². The number of amides is 2. The monoisotopic (exact) mass is 318 g/mol. The maximum absolute atomic E-state index is 12.1. The highest BCUT2D eigenvalue weighted by Crippen LogP contribution is 2.12. The SMILES string of the molecule is COc1ccc(CNC(=O)N(C)Cc2ccc(Cl)cc2)cc1. The van der Waals surface area contributed by atoms with Crippen LogP contribution in [-0.2, 0) is 13.1 Å². The fourth-order valence-corrected chi connectivity index (χ4v) is 2.12. The van der Waals surface area contributed by atoms with Crippen LogP contribution >= 0.6 is 11.6 Å². The van der Waals surface area contributed by atoms with Gasteiger partial charge in [-0.15, -0.1) is 0 Å². The van der Waals surface area contributed by atoms with Gasteiger partial charge in [0.2, 0.25) is 0 Å². The van der Waals surface area contributed by atoms with E-state index in [4.69, 9.17) is 16.3 Å². The topological polar surface area (TPSA) is 41.6 Å². The van der Waals surface area contributed by atoms with Gasteiger partial charge in [0, 0.05) is 25.2 Å². The molecule has 0 radical (unpaired) electrons. The minimum Gasteiger partial charge on any atom is -0.497 e. The normalized spacial score (nSPS) is 10.1. The summed E-state index contributed by atoms with van der Waals surface area (Å²) in [6.07, 6.45) is 0. The molecule has 5 heteroatoms. The Kier molecular flexibility index (Phi) is 5.67. The lowest BCUT2D eigenvalue weighted by Crippen LogP contribution is -2.36. The number of urea groups is 1. The van der Waals surface area contributed by atoms with Crippen molar-refractivity contribution >= 4 is 17.6 Å². The Morgan fingerprint density at radius 1 is 1.09 bits per heavy atom. The minimum absolute atomic E-state index is 0.120. The van der Waals surface area contributed by atoms with Gasteiger partial charge >= 0.3 is 6.03 Å². The molecule has 0 unspecified atom stereocenters. The van der Waals surface area contributed by atoms with Crippen LogP contribution in [0, 0.1) is 0 Å². The Morgan fingerprint density at radius 3 is 2.27 bits per heavy atom. The van der Waals surface area contributed by atoms with Crippen LogP contribution in [0.3, 0.4) is 0 Å². The second-order valence-corrected chi connectivity index (χ2v) is 5.43. The maximum Gasteiger partial charge on any atom is 0.317 e. The molecule has 0 fully saturated rings. The molecule has 2 amide bonds. The minimum atomic E-state index is -0.120. The summed E-state index contributed by atoms with van der Waals surface area (Å²) in [7, 11) is 3.39. The summed E-state index contributed by atoms with van der Waals surface area (Å²) in [6.45, 7) is 1.01. The van der Waals surface area contributed by atoms with E-state index in [1.54, 1.807) is 19.1 Å². The molecule has 0 aliphatic rings. The molecule has 0 spiro atoms. The van der Waals surface area contributed by atoms with Gasteiger partial charge in [-0.2, -0.15) is 0 Å². The van der Waals surface area contributed by atoms with Crippen molar-refractivity contribution in [3.05, 3.63) is 64.7 Å². The molecule has 0 heterocycles. The van der Waals surface area contributed by atoms with E-state index in [1.165, 1.54) is 0 Å². The summed E-state index contributed by atoms with van der Waals surface area (Å²) < 4.78 is 5.10. The number of methoxy groups -OCH3 is 1. The van der Waals surface area contributed by atoms with Crippen LogP contribution in [0.2, 0.25) is 5.02 Å². The molecule has 22 heavy (non-hydrogen) atoms. The van der Waals surface area contributed by atoms with Crippen molar-refractivity contribution in [3.63, 3.8) is 0 Å². The van der Waals surface area contributed by atoms with Gasteiger partial charge in [-0.25, -0.2) is 4.79 Å². The molecular formula is C17H19ClN2O2. The maximum atomic E-state index is 12.1. The molecule has 0 aromatic heterocycles. The number of rotatable bonds is 5. The number of nitrogens with zero attached hydrogens (tertiary/aromatic N) is 1. The zero-order valence-corrected chi connectivity index (χ0v) is 13.4. The highest BCUT2D eigenvalue weighted by atomic mass is 35.5. The van der Waals surface area contributed by atoms with E-state index in [2.05, 4.69) is 5.32 Å². The Balaban J connectivity index is 1.84. The molecule has 116 valence electrons. The van der Waals surface area contributed by atoms with Crippen LogP contribution in [0.1, 0.15) is 11.1 Å². The molecule has 1 N–H and O–H groups in total. The van der Waals surface area contributed by atoms with Crippen LogP contribution in [-0.4, -0.2) is 25.1 Å². The lowest BCUT2D eigenvalue weighted by molar-refractivity contribution is 0.206. The Bertz CT molecular complexity index is 612. The molecule has 0 bridgehead atoms. The van der Waals surface area contributed by atoms with E-state index in [0.717, 1.165) is 16.9 Å². The van der Waals surface area contributed by atoms with Crippen molar-refractivity contribution in [3.8, 4) is 5.75 Å². The average molecular weight is 319 g/mol. The summed E-state index contributed by atoms with van der Waals surface area (Å²) in [5, 5.41) is 3.58. The first-order chi connectivity index (χ1) is 10.6. The summed E-state index contributed by atoms with van der Waals surface area (Å²) in [5.74, 6) is 0.801. The van der Waals surface area contributed by atoms with Gasteiger partial charge in [0.15, 0.2) is 0 Å². The van der Waals surface area contributed by atoms with Crippen LogP contribution in [0.5, 0.6) is 5.75 Å². The Hall–Kier alpha value is -2.20. The first-order valence-corrected chi connectivity index (χ1v) is 7.32. The van der Waals surface area contributed by atoms with E-state index in [1.807, 2.05) is 48.5 Å². The van der Waals surface area contributed by atoms with Crippen molar-refractivity contribution in [1.29, 1.82) is 0 Å². The second-order valence-electron chi connectivity index (χ2n) is 4.99. The molecule has 0 atom stereocenters. The van der Waals surface area contributed by atoms with E-state index >= 15 is 0 Å². The summed E-state index contributed by atoms with van der Waals surface area (Å²) in [4.78, 5) is 13.7. The summed E-state index contributed by atoms with van der Waals surface area (Å²) in [5.41, 5.74) is 2.06. The van der Waals surface area contributed by atoms with Gasteiger partial charge in [0.05, 0.1) is 7.11 Å². The number of nitrogens with one attached hydrogen (secondary N) is 1. The molecule has 0 aliphatic carbocycles. The molecule has 4 nitrogen and oxygen atoms in total. The number of ether oxygens (including phenoxy) is 1. The van der Waals surface area contributed by atoms with E-state index < -0.39 is 0 Å². The third kappa shape index (κ3) is 4.67. The fourth-order valence-electron chi connectivity index (χ4n) is 1.99. The van der Waals surface area contributed by atoms with Crippen molar-refractivity contribution in [2.24, 2.45) is 0 Å². The van der Waals surface area contributed by atoms with E-state index in [9.17, 15) is 4.79 Å². The molecule has 0 aliphatic heterocycles. The van der Waals surface area contributed by atoms with E-state index in [-0.39, 0.29) is 6.03 Å². The quantitative estimate of drug-likeness (QED) is 0.913. The van der Waals surface area contributed by atoms with Crippen molar-refractivity contribution in [2.45, 2.75) is 13.1 Å². The van der Waals surface area contributed by atoms with Gasteiger partial charge in [0.25, 0.3) is 0 Å². The lowest BCUT2D eigenvalue weighted by Gasteiger charge is -2.18. The molecule has 2 aromatic rings. The molecule has 2 rings (SSSR count). The first kappa shape index (κ1) is 16.2. The number of benzene rings is 2. The predicted octanol–water partition coefficient (Wildman–Crippen LogP) is 3.69. The Labute approximate surface area is 135 Å². The number of hydrogen-bond acceptors (Lipinski definition) is 2. The predicted molar refractivity (Wildman–Crippen MR) is 88.1 cm³/mol. The van der Waals surface area contributed by atoms with Crippen molar-refractivity contribution < 1.29 is 9.53 Å². The van der Waals surface area contributed by atoms with Gasteiger partial charge in [0.1, 0.15) is 5.75 Å². The van der Waals surface area contributed by atoms with Crippen LogP contribution in [0.25, 0.3) is 0 Å². The molecule has 0 saturated carbocycles. The average Bonchev–Trinajstić information content (AvgIpc) is 2.55. The van der Waals surface area contributed by atoms with E-state index in [0.29, 0.717) is 18.1 Å². The van der Waals surface area contributed by atoms with Crippen LogP contribution in [0.15, 0.2) is 48.5 Å². The number of hydrogen-bond donors (Lipinski definition) is 1. The van der Waals surface area contributed by atoms with Gasteiger partial charge in [-0.05, 0) is 35.4 Å². The van der Waals surface area contributed by atoms with Crippen molar-refractivity contribution in [1.82, 2.24) is 10.2 Å². The molecule has 0 saturated heterocycles. The smallest absolute Gasteiger partial charge is 0.317 e. The van der Waals surface area contributed by atoms with Gasteiger partial charge in [-0.3, -0.25) is 0 Å². The second kappa shape index (κ2) is 7.71. The largest absolute Gasteiger partial charge is 0.497 e.